The van der Waals surface area contributed by atoms with Gasteiger partial charge in [0.2, 0.25) is 16.9 Å². The first-order valence-electron chi connectivity index (χ1n) is 10.1. The number of nitrogens with one attached hydrogen (secondary N) is 1. The van der Waals surface area contributed by atoms with Crippen molar-refractivity contribution in [1.82, 2.24) is 20.1 Å². The van der Waals surface area contributed by atoms with Gasteiger partial charge in [-0.25, -0.2) is 9.67 Å². The number of rotatable bonds is 7. The molecule has 162 valence electrons. The molecule has 0 bridgehead atoms. The molecule has 1 fully saturated rings. The van der Waals surface area contributed by atoms with Gasteiger partial charge in [0.25, 0.3) is 0 Å². The molecule has 3 aromatic rings. The molecular formula is C22H25N5O3S. The van der Waals surface area contributed by atoms with Gasteiger partial charge < -0.3 is 15.0 Å². The number of aromatic nitrogens is 3. The fraction of sp³-hybridized carbons (Fsp3) is 0.364. The SMILES string of the molecule is COc1cccc(N2C[C@H](C(=O)NCCc3csc(-n4nc(C)cc4C)n3)CC2=O)c1. The molecule has 1 aliphatic heterocycles. The molecule has 0 radical (unpaired) electrons. The molecule has 0 saturated carbocycles. The Hall–Kier alpha value is -3.20. The zero-order valence-corrected chi connectivity index (χ0v) is 18.6. The number of methoxy groups -OCH3 is 1. The molecule has 0 unspecified atom stereocenters. The summed E-state index contributed by atoms with van der Waals surface area (Å²) in [5, 5.41) is 10.2. The third-order valence-electron chi connectivity index (χ3n) is 5.27. The van der Waals surface area contributed by atoms with Crippen molar-refractivity contribution in [3.8, 4) is 10.9 Å². The Morgan fingerprint density at radius 3 is 2.90 bits per heavy atom. The summed E-state index contributed by atoms with van der Waals surface area (Å²) < 4.78 is 7.06. The van der Waals surface area contributed by atoms with Crippen molar-refractivity contribution in [3.05, 3.63) is 52.8 Å². The minimum atomic E-state index is -0.362. The highest BCUT2D eigenvalue weighted by molar-refractivity contribution is 7.12. The number of ether oxygens (including phenoxy) is 1. The minimum Gasteiger partial charge on any atom is -0.497 e. The first kappa shape index (κ1) is 21.0. The quantitative estimate of drug-likeness (QED) is 0.611. The monoisotopic (exact) mass is 439 g/mol. The van der Waals surface area contributed by atoms with E-state index in [1.807, 2.05) is 48.2 Å². The standard InChI is InChI=1S/C22H25N5O3S/c1-14-9-15(2)27(25-14)22-24-17(13-31-22)7-8-23-21(29)16-10-20(28)26(12-16)18-5-4-6-19(11-18)30-3/h4-6,9,11,13,16H,7-8,10,12H2,1-3H3,(H,23,29)/t16-/m1/s1. The van der Waals surface area contributed by atoms with E-state index in [0.29, 0.717) is 25.3 Å². The molecule has 1 atom stereocenters. The summed E-state index contributed by atoms with van der Waals surface area (Å²) in [7, 11) is 1.59. The Morgan fingerprint density at radius 2 is 2.16 bits per heavy atom. The Balaban J connectivity index is 1.30. The molecule has 2 aromatic heterocycles. The summed E-state index contributed by atoms with van der Waals surface area (Å²) in [5.41, 5.74) is 3.65. The van der Waals surface area contributed by atoms with Crippen LogP contribution in [0.25, 0.3) is 5.13 Å². The van der Waals surface area contributed by atoms with Gasteiger partial charge in [-0.05, 0) is 32.0 Å². The van der Waals surface area contributed by atoms with E-state index in [1.165, 1.54) is 11.3 Å². The second-order valence-electron chi connectivity index (χ2n) is 7.61. The third-order valence-corrected chi connectivity index (χ3v) is 6.14. The van der Waals surface area contributed by atoms with Gasteiger partial charge in [0, 0.05) is 48.8 Å². The second kappa shape index (κ2) is 8.89. The van der Waals surface area contributed by atoms with Crippen LogP contribution in [-0.2, 0) is 16.0 Å². The number of hydrogen-bond donors (Lipinski definition) is 1. The maximum atomic E-state index is 12.6. The number of thiazole rings is 1. The molecule has 1 saturated heterocycles. The van der Waals surface area contributed by atoms with E-state index in [1.54, 1.807) is 18.1 Å². The Morgan fingerprint density at radius 1 is 1.32 bits per heavy atom. The average molecular weight is 440 g/mol. The van der Waals surface area contributed by atoms with Gasteiger partial charge in [0.15, 0.2) is 0 Å². The molecule has 3 heterocycles. The molecule has 9 heteroatoms. The molecule has 4 rings (SSSR count). The highest BCUT2D eigenvalue weighted by Crippen LogP contribution is 2.28. The number of hydrogen-bond acceptors (Lipinski definition) is 6. The Labute approximate surface area is 184 Å². The fourth-order valence-electron chi connectivity index (χ4n) is 3.70. The van der Waals surface area contributed by atoms with Crippen LogP contribution in [0.15, 0.2) is 35.7 Å². The van der Waals surface area contributed by atoms with E-state index in [2.05, 4.69) is 15.4 Å². The van der Waals surface area contributed by atoms with Crippen LogP contribution in [-0.4, -0.2) is 46.8 Å². The van der Waals surface area contributed by atoms with Gasteiger partial charge in [-0.15, -0.1) is 11.3 Å². The average Bonchev–Trinajstić information content (AvgIpc) is 3.46. The first-order chi connectivity index (χ1) is 14.9. The minimum absolute atomic E-state index is 0.0533. The summed E-state index contributed by atoms with van der Waals surface area (Å²) in [5.74, 6) is 0.163. The molecule has 31 heavy (non-hydrogen) atoms. The molecule has 0 spiro atoms. The topological polar surface area (TPSA) is 89.3 Å². The predicted octanol–water partition coefficient (Wildman–Crippen LogP) is 2.67. The van der Waals surface area contributed by atoms with Crippen LogP contribution in [0, 0.1) is 19.8 Å². The molecule has 1 aromatic carbocycles. The molecule has 2 amide bonds. The van der Waals surface area contributed by atoms with Gasteiger partial charge in [-0.2, -0.15) is 5.10 Å². The molecule has 8 nitrogen and oxygen atoms in total. The van der Waals surface area contributed by atoms with Gasteiger partial charge >= 0.3 is 0 Å². The zero-order chi connectivity index (χ0) is 22.0. The van der Waals surface area contributed by atoms with Gasteiger partial charge in [0.1, 0.15) is 5.75 Å². The molecular weight excluding hydrogens is 414 g/mol. The van der Waals surface area contributed by atoms with E-state index in [9.17, 15) is 9.59 Å². The number of nitrogens with zero attached hydrogens (tertiary/aromatic N) is 4. The summed E-state index contributed by atoms with van der Waals surface area (Å²) >= 11 is 1.53. The highest BCUT2D eigenvalue weighted by Gasteiger charge is 2.35. The maximum Gasteiger partial charge on any atom is 0.227 e. The lowest BCUT2D eigenvalue weighted by Crippen LogP contribution is -2.34. The summed E-state index contributed by atoms with van der Waals surface area (Å²) in [6.07, 6.45) is 0.837. The number of anilines is 1. The van der Waals surface area contributed by atoms with Gasteiger partial charge in [0.05, 0.1) is 24.4 Å². The summed E-state index contributed by atoms with van der Waals surface area (Å²) in [6.45, 7) is 4.80. The molecule has 1 aliphatic rings. The van der Waals surface area contributed by atoms with E-state index in [4.69, 9.17) is 4.74 Å². The van der Waals surface area contributed by atoms with E-state index < -0.39 is 0 Å². The normalized spacial score (nSPS) is 16.0. The van der Waals surface area contributed by atoms with E-state index in [0.717, 1.165) is 27.9 Å². The van der Waals surface area contributed by atoms with Crippen molar-refractivity contribution >= 4 is 28.8 Å². The summed E-state index contributed by atoms with van der Waals surface area (Å²) in [4.78, 5) is 31.3. The second-order valence-corrected chi connectivity index (χ2v) is 8.44. The van der Waals surface area contributed by atoms with Crippen molar-refractivity contribution in [2.45, 2.75) is 26.7 Å². The van der Waals surface area contributed by atoms with Crippen molar-refractivity contribution in [3.63, 3.8) is 0 Å². The summed E-state index contributed by atoms with van der Waals surface area (Å²) in [6, 6.07) is 9.33. The van der Waals surface area contributed by atoms with Crippen molar-refractivity contribution in [1.29, 1.82) is 0 Å². The molecule has 1 N–H and O–H groups in total. The predicted molar refractivity (Wildman–Crippen MR) is 119 cm³/mol. The number of amides is 2. The lowest BCUT2D eigenvalue weighted by molar-refractivity contribution is -0.126. The highest BCUT2D eigenvalue weighted by atomic mass is 32.1. The lowest BCUT2D eigenvalue weighted by Gasteiger charge is -2.17. The van der Waals surface area contributed by atoms with Crippen molar-refractivity contribution in [2.75, 3.05) is 25.1 Å². The smallest absolute Gasteiger partial charge is 0.227 e. The number of aryl methyl sites for hydroxylation is 2. The van der Waals surface area contributed by atoms with Gasteiger partial charge in [-0.3, -0.25) is 9.59 Å². The Bertz CT molecular complexity index is 1110. The van der Waals surface area contributed by atoms with Crippen molar-refractivity contribution < 1.29 is 14.3 Å². The van der Waals surface area contributed by atoms with Crippen molar-refractivity contribution in [2.24, 2.45) is 5.92 Å². The number of carbonyl (C=O) groups excluding carboxylic acids is 2. The maximum absolute atomic E-state index is 12.6. The van der Waals surface area contributed by atoms with Crippen LogP contribution < -0.4 is 15.0 Å². The fourth-order valence-corrected chi connectivity index (χ4v) is 4.57. The van der Waals surface area contributed by atoms with Crippen LogP contribution in [0.2, 0.25) is 0 Å². The third kappa shape index (κ3) is 4.61. The van der Waals surface area contributed by atoms with E-state index >= 15 is 0 Å². The van der Waals surface area contributed by atoms with Crippen LogP contribution in [0.5, 0.6) is 5.75 Å². The van der Waals surface area contributed by atoms with Gasteiger partial charge in [-0.1, -0.05) is 6.07 Å². The van der Waals surface area contributed by atoms with Crippen LogP contribution >= 0.6 is 11.3 Å². The number of carbonyl (C=O) groups is 2. The van der Waals surface area contributed by atoms with E-state index in [-0.39, 0.29) is 24.2 Å². The zero-order valence-electron chi connectivity index (χ0n) is 17.8. The van der Waals surface area contributed by atoms with Crippen LogP contribution in [0.1, 0.15) is 23.5 Å². The van der Waals surface area contributed by atoms with Crippen LogP contribution in [0.4, 0.5) is 5.69 Å². The Kier molecular flexibility index (Phi) is 6.03. The molecule has 0 aliphatic carbocycles. The number of benzene rings is 1. The largest absolute Gasteiger partial charge is 0.497 e. The lowest BCUT2D eigenvalue weighted by atomic mass is 10.1. The first-order valence-corrected chi connectivity index (χ1v) is 11.0. The van der Waals surface area contributed by atoms with Crippen LogP contribution in [0.3, 0.4) is 0 Å².